The van der Waals surface area contributed by atoms with Crippen molar-refractivity contribution in [1.29, 1.82) is 0 Å². The first-order chi connectivity index (χ1) is 12.1. The van der Waals surface area contributed by atoms with Crippen LogP contribution in [0.15, 0.2) is 34.9 Å². The molecule has 0 spiro atoms. The molecule has 2 aromatic rings. The third-order valence-electron chi connectivity index (χ3n) is 4.76. The first-order valence-electron chi connectivity index (χ1n) is 8.25. The molecule has 1 aromatic heterocycles. The van der Waals surface area contributed by atoms with Crippen molar-refractivity contribution in [3.8, 4) is 5.95 Å². The number of anilines is 1. The molecule has 0 radical (unpaired) electrons. The van der Waals surface area contributed by atoms with E-state index in [1.165, 1.54) is 9.58 Å². The largest absolute Gasteiger partial charge is 0.539 e. The van der Waals surface area contributed by atoms with Gasteiger partial charge in [-0.15, -0.1) is 0 Å². The molecule has 2 heterocycles. The zero-order valence-corrected chi connectivity index (χ0v) is 13.8. The highest BCUT2D eigenvalue weighted by atomic mass is 16.6. The van der Waals surface area contributed by atoms with Gasteiger partial charge in [0.25, 0.3) is 5.91 Å². The first-order valence-corrected chi connectivity index (χ1v) is 8.25. The number of aryl methyl sites for hydroxylation is 1. The minimum Gasteiger partial charge on any atom is -0.539 e. The van der Waals surface area contributed by atoms with Gasteiger partial charge in [-0.2, -0.15) is 0 Å². The predicted molar refractivity (Wildman–Crippen MR) is 83.0 cm³/mol. The van der Waals surface area contributed by atoms with E-state index in [1.54, 1.807) is 31.3 Å². The van der Waals surface area contributed by atoms with Crippen LogP contribution in [0, 0.1) is 0 Å². The van der Waals surface area contributed by atoms with Crippen molar-refractivity contribution in [3.63, 3.8) is 0 Å². The number of aromatic nitrogens is 2. The molecular formula is C17H18N4O4. The van der Waals surface area contributed by atoms with Crippen molar-refractivity contribution in [2.75, 3.05) is 4.90 Å². The summed E-state index contributed by atoms with van der Waals surface area (Å²) in [6.07, 6.45) is 2.02. The Kier molecular flexibility index (Phi) is 3.76. The molecule has 0 bridgehead atoms. The van der Waals surface area contributed by atoms with Crippen molar-refractivity contribution in [3.05, 3.63) is 36.0 Å². The fraction of sp³-hybridized carbons (Fsp3) is 0.412. The van der Waals surface area contributed by atoms with Gasteiger partial charge in [-0.3, -0.25) is 14.5 Å². The Labute approximate surface area is 144 Å². The van der Waals surface area contributed by atoms with Crippen LogP contribution in [0.25, 0.3) is 0 Å². The molecule has 8 heteroatoms. The molecule has 130 valence electrons. The Morgan fingerprint density at radius 2 is 2.04 bits per heavy atom. The molecule has 2 fully saturated rings. The van der Waals surface area contributed by atoms with Gasteiger partial charge >= 0.3 is 0 Å². The van der Waals surface area contributed by atoms with E-state index in [1.807, 2.05) is 11.0 Å². The maximum Gasteiger partial charge on any atom is 0.251 e. The summed E-state index contributed by atoms with van der Waals surface area (Å²) in [6, 6.07) is 8.56. The lowest BCUT2D eigenvalue weighted by molar-refractivity contribution is -0.747. The Morgan fingerprint density at radius 1 is 1.32 bits per heavy atom. The molecular weight excluding hydrogens is 324 g/mol. The van der Waals surface area contributed by atoms with Crippen molar-refractivity contribution in [2.24, 2.45) is 7.05 Å². The van der Waals surface area contributed by atoms with E-state index in [4.69, 9.17) is 0 Å². The van der Waals surface area contributed by atoms with Crippen LogP contribution in [0.4, 0.5) is 5.69 Å². The molecule has 0 N–H and O–H groups in total. The zero-order valence-electron chi connectivity index (χ0n) is 13.8. The molecule has 1 aromatic carbocycles. The second-order valence-electron chi connectivity index (χ2n) is 6.46. The van der Waals surface area contributed by atoms with Crippen LogP contribution in [0.3, 0.4) is 0 Å². The van der Waals surface area contributed by atoms with Gasteiger partial charge in [0, 0.05) is 6.04 Å². The fourth-order valence-electron chi connectivity index (χ4n) is 3.30. The molecule has 1 aliphatic heterocycles. The third-order valence-corrected chi connectivity index (χ3v) is 4.76. The van der Waals surface area contributed by atoms with Crippen molar-refractivity contribution >= 4 is 17.5 Å². The molecule has 2 amide bonds. The summed E-state index contributed by atoms with van der Waals surface area (Å²) in [5, 5.41) is 15.4. The highest BCUT2D eigenvalue weighted by Gasteiger charge is 2.47. The zero-order chi connectivity index (χ0) is 17.6. The van der Waals surface area contributed by atoms with E-state index in [0.29, 0.717) is 11.4 Å². The number of hydrogen-bond donors (Lipinski definition) is 0. The summed E-state index contributed by atoms with van der Waals surface area (Å²) < 4.78 is 6.05. The van der Waals surface area contributed by atoms with E-state index in [-0.39, 0.29) is 30.8 Å². The maximum absolute atomic E-state index is 12.9. The molecule has 1 aliphatic carbocycles. The fourth-order valence-corrected chi connectivity index (χ4v) is 3.30. The Morgan fingerprint density at radius 3 is 2.64 bits per heavy atom. The lowest BCUT2D eigenvalue weighted by atomic mass is 10.2. The molecule has 1 saturated carbocycles. The average molecular weight is 342 g/mol. The molecule has 8 nitrogen and oxygen atoms in total. The summed E-state index contributed by atoms with van der Waals surface area (Å²) in [4.78, 5) is 28.6. The number of imide groups is 1. The minimum absolute atomic E-state index is 0.118. The standard InChI is InChI=1S/C17H18N4O4/c1-19-14(17(24)25-18-19)10-20(11-7-8-11)13-9-15(22)21(16(13)23)12-5-3-2-4-6-12/h2-6,11,13H,7-10H2,1H3. The number of nitrogens with zero attached hydrogens (tertiary/aromatic N) is 4. The van der Waals surface area contributed by atoms with E-state index < -0.39 is 12.0 Å². The maximum atomic E-state index is 12.9. The van der Waals surface area contributed by atoms with Gasteiger partial charge in [0.15, 0.2) is 13.0 Å². The molecule has 2 aliphatic rings. The summed E-state index contributed by atoms with van der Waals surface area (Å²) in [6.45, 7) is 0.246. The topological polar surface area (TPSA) is 93.6 Å². The second-order valence-corrected chi connectivity index (χ2v) is 6.46. The van der Waals surface area contributed by atoms with E-state index >= 15 is 0 Å². The van der Waals surface area contributed by atoms with Gasteiger partial charge in [0.1, 0.15) is 0 Å². The molecule has 25 heavy (non-hydrogen) atoms. The number of hydrogen-bond acceptors (Lipinski definition) is 6. The van der Waals surface area contributed by atoms with Crippen LogP contribution >= 0.6 is 0 Å². The van der Waals surface area contributed by atoms with Crippen LogP contribution in [-0.2, 0) is 23.2 Å². The average Bonchev–Trinajstić information content (AvgIpc) is 3.34. The summed E-state index contributed by atoms with van der Waals surface area (Å²) >= 11 is 0. The molecule has 1 atom stereocenters. The molecule has 4 rings (SSSR count). The van der Waals surface area contributed by atoms with Gasteiger partial charge in [0.2, 0.25) is 11.6 Å². The first kappa shape index (κ1) is 15.8. The van der Waals surface area contributed by atoms with Crippen molar-refractivity contribution < 1.29 is 23.9 Å². The Bertz CT molecular complexity index is 796. The van der Waals surface area contributed by atoms with Gasteiger partial charge in [-0.05, 0) is 25.0 Å². The number of carbonyl (C=O) groups is 2. The van der Waals surface area contributed by atoms with Gasteiger partial charge in [-0.25, -0.2) is 4.90 Å². The van der Waals surface area contributed by atoms with Gasteiger partial charge < -0.3 is 9.63 Å². The highest BCUT2D eigenvalue weighted by Crippen LogP contribution is 2.35. The second kappa shape index (κ2) is 5.96. The van der Waals surface area contributed by atoms with Crippen LogP contribution in [0.2, 0.25) is 0 Å². The van der Waals surface area contributed by atoms with Gasteiger partial charge in [0.05, 0.1) is 30.0 Å². The Hall–Kier alpha value is -2.74. The number of carbonyl (C=O) groups excluding carboxylic acids is 2. The van der Waals surface area contributed by atoms with Crippen molar-refractivity contribution in [1.82, 2.24) is 10.2 Å². The SMILES string of the molecule is C[n+]1noc([O-])c1CN(C1CC1)C1CC(=O)N(c2ccccc2)C1=O. The minimum atomic E-state index is -0.561. The van der Waals surface area contributed by atoms with Crippen molar-refractivity contribution in [2.45, 2.75) is 37.9 Å². The summed E-state index contributed by atoms with van der Waals surface area (Å²) in [7, 11) is 1.63. The smallest absolute Gasteiger partial charge is 0.251 e. The van der Waals surface area contributed by atoms with E-state index in [0.717, 1.165) is 12.8 Å². The third kappa shape index (κ3) is 2.78. The van der Waals surface area contributed by atoms with E-state index in [2.05, 4.69) is 9.79 Å². The highest BCUT2D eigenvalue weighted by molar-refractivity contribution is 6.22. The van der Waals surface area contributed by atoms with Crippen LogP contribution in [0.1, 0.15) is 25.0 Å². The number of para-hydroxylation sites is 1. The Balaban J connectivity index is 1.61. The summed E-state index contributed by atoms with van der Waals surface area (Å²) in [5.41, 5.74) is 0.959. The van der Waals surface area contributed by atoms with Crippen LogP contribution in [-0.4, -0.2) is 34.1 Å². The number of rotatable bonds is 5. The predicted octanol–water partition coefficient (Wildman–Crippen LogP) is -0.131. The lowest BCUT2D eigenvalue weighted by Gasteiger charge is -2.25. The van der Waals surface area contributed by atoms with Gasteiger partial charge in [-0.1, -0.05) is 22.9 Å². The monoisotopic (exact) mass is 342 g/mol. The molecule has 1 saturated heterocycles. The van der Waals surface area contributed by atoms with Crippen LogP contribution < -0.4 is 14.7 Å². The quantitative estimate of drug-likeness (QED) is 0.555. The van der Waals surface area contributed by atoms with E-state index in [9.17, 15) is 14.7 Å². The number of benzene rings is 1. The molecule has 1 unspecified atom stereocenters. The summed E-state index contributed by atoms with van der Waals surface area (Å²) in [5.74, 6) is -0.969. The number of amides is 2. The lowest BCUT2D eigenvalue weighted by Crippen LogP contribution is -2.46. The normalized spacial score (nSPS) is 20.7. The van der Waals surface area contributed by atoms with Crippen LogP contribution in [0.5, 0.6) is 5.95 Å².